The second-order valence-corrected chi connectivity index (χ2v) is 11.2. The summed E-state index contributed by atoms with van der Waals surface area (Å²) in [5.74, 6) is -0.271. The first-order valence-electron chi connectivity index (χ1n) is 9.39. The van der Waals surface area contributed by atoms with E-state index in [1.54, 1.807) is 6.26 Å². The Morgan fingerprint density at radius 3 is 2.30 bits per heavy atom. The first kappa shape index (κ1) is 20.7. The molecule has 0 saturated carbocycles. The molecule has 148 valence electrons. The summed E-state index contributed by atoms with van der Waals surface area (Å²) in [5, 5.41) is 1.06. The number of nitrogens with one attached hydrogen (secondary N) is 1. The third kappa shape index (κ3) is 4.22. The van der Waals surface area contributed by atoms with Gasteiger partial charge in [0.05, 0.1) is 23.4 Å². The molecule has 2 atom stereocenters. The van der Waals surface area contributed by atoms with E-state index in [9.17, 15) is 4.55 Å². The number of rotatable bonds is 5. The molecule has 0 spiro atoms. The molecule has 5 nitrogen and oxygen atoms in total. The first-order valence-corrected chi connectivity index (χ1v) is 10.5. The highest BCUT2D eigenvalue weighted by Crippen LogP contribution is 2.38. The molecule has 3 rings (SSSR count). The zero-order valence-corrected chi connectivity index (χ0v) is 18.1. The summed E-state index contributed by atoms with van der Waals surface area (Å²) >= 11 is -1.25. The van der Waals surface area contributed by atoms with E-state index in [1.807, 2.05) is 72.7 Å². The van der Waals surface area contributed by atoms with Crippen LogP contribution in [0.3, 0.4) is 0 Å². The summed E-state index contributed by atoms with van der Waals surface area (Å²) in [4.78, 5) is 0. The zero-order valence-electron chi connectivity index (χ0n) is 17.3. The summed E-state index contributed by atoms with van der Waals surface area (Å²) in [7, 11) is -0.505. The van der Waals surface area contributed by atoms with Crippen LogP contribution in [-0.4, -0.2) is 33.6 Å². The Hall–Kier alpha value is -0.985. The number of furan rings is 1. The van der Waals surface area contributed by atoms with Crippen molar-refractivity contribution in [3.8, 4) is 0 Å². The first-order chi connectivity index (χ1) is 12.4. The van der Waals surface area contributed by atoms with Crippen LogP contribution in [0.5, 0.6) is 0 Å². The van der Waals surface area contributed by atoms with Gasteiger partial charge in [0.25, 0.3) is 0 Å². The molecule has 2 heterocycles. The fourth-order valence-electron chi connectivity index (χ4n) is 2.99. The molecular weight excluding hydrogens is 361 g/mol. The maximum atomic E-state index is 12.8. The lowest BCUT2D eigenvalue weighted by Gasteiger charge is -2.32. The fraction of sp³-hybridized carbons (Fsp3) is 0.600. The molecule has 27 heavy (non-hydrogen) atoms. The van der Waals surface area contributed by atoms with Crippen LogP contribution in [0.15, 0.2) is 34.9 Å². The Bertz CT molecular complexity index is 783. The van der Waals surface area contributed by atoms with Crippen molar-refractivity contribution >= 4 is 29.4 Å². The minimum Gasteiger partial charge on any atom is -0.598 e. The molecule has 1 unspecified atom stereocenters. The van der Waals surface area contributed by atoms with Gasteiger partial charge >= 0.3 is 7.12 Å². The standard InChI is InChI=1S/C20H30BNO4S/c1-18(2,3)27(23)22-17(21-25-19(4,5)20(6,7)26-21)12-14-13-24-16-11-9-8-10-15(14)16/h8-11,13,17,22H,12H2,1-7H3/t17-,27?/m0/s1. The van der Waals surface area contributed by atoms with Crippen LogP contribution < -0.4 is 4.72 Å². The van der Waals surface area contributed by atoms with Gasteiger partial charge < -0.3 is 18.3 Å². The van der Waals surface area contributed by atoms with Crippen LogP contribution >= 0.6 is 0 Å². The molecule has 2 aromatic rings. The lowest BCUT2D eigenvalue weighted by atomic mass is 9.75. The highest BCUT2D eigenvalue weighted by molar-refractivity contribution is 7.90. The van der Waals surface area contributed by atoms with Gasteiger partial charge in [-0.15, -0.1) is 4.72 Å². The van der Waals surface area contributed by atoms with Crippen molar-refractivity contribution in [3.05, 3.63) is 36.1 Å². The summed E-state index contributed by atoms with van der Waals surface area (Å²) in [6, 6.07) is 7.93. The second-order valence-electron chi connectivity index (χ2n) is 9.19. The summed E-state index contributed by atoms with van der Waals surface area (Å²) < 4.78 is 33.9. The number of para-hydroxylation sites is 1. The maximum absolute atomic E-state index is 12.8. The van der Waals surface area contributed by atoms with Gasteiger partial charge in [-0.3, -0.25) is 0 Å². The van der Waals surface area contributed by atoms with Crippen molar-refractivity contribution in [3.63, 3.8) is 0 Å². The number of hydrogen-bond acceptors (Lipinski definition) is 5. The number of hydrogen-bond donors (Lipinski definition) is 1. The molecule has 1 aromatic carbocycles. The Morgan fingerprint density at radius 2 is 1.70 bits per heavy atom. The minimum atomic E-state index is -1.25. The second kappa shape index (κ2) is 7.12. The smallest absolute Gasteiger partial charge is 0.481 e. The predicted molar refractivity (Wildman–Crippen MR) is 111 cm³/mol. The van der Waals surface area contributed by atoms with E-state index in [0.29, 0.717) is 6.42 Å². The van der Waals surface area contributed by atoms with Crippen molar-refractivity contribution in [1.82, 2.24) is 4.72 Å². The third-order valence-corrected chi connectivity index (χ3v) is 7.04. The molecule has 0 bridgehead atoms. The predicted octanol–water partition coefficient (Wildman–Crippen LogP) is 4.03. The Kier molecular flexibility index (Phi) is 5.47. The normalized spacial score (nSPS) is 21.6. The van der Waals surface area contributed by atoms with Gasteiger partial charge in [0, 0.05) is 16.7 Å². The fourth-order valence-corrected chi connectivity index (χ4v) is 3.81. The Balaban J connectivity index is 1.88. The van der Waals surface area contributed by atoms with Gasteiger partial charge in [-0.2, -0.15) is 0 Å². The van der Waals surface area contributed by atoms with Crippen molar-refractivity contribution in [1.29, 1.82) is 0 Å². The van der Waals surface area contributed by atoms with Crippen LogP contribution in [0.25, 0.3) is 11.0 Å². The van der Waals surface area contributed by atoms with E-state index >= 15 is 0 Å². The molecule has 1 saturated heterocycles. The number of benzene rings is 1. The van der Waals surface area contributed by atoms with Gasteiger partial charge in [-0.1, -0.05) is 18.2 Å². The summed E-state index contributed by atoms with van der Waals surface area (Å²) in [6.45, 7) is 14.0. The van der Waals surface area contributed by atoms with Gasteiger partial charge in [0.1, 0.15) is 10.3 Å². The Morgan fingerprint density at radius 1 is 1.11 bits per heavy atom. The highest BCUT2D eigenvalue weighted by Gasteiger charge is 2.55. The molecule has 0 aliphatic carbocycles. The molecular formula is C20H30BNO4S. The SMILES string of the molecule is CC(C)(C)[S+]([O-])N[C@@H](Cc1coc2ccccc12)B1OC(C)(C)C(C)(C)O1. The average Bonchev–Trinajstić information content (AvgIpc) is 3.04. The third-order valence-electron chi connectivity index (χ3n) is 5.42. The van der Waals surface area contributed by atoms with Crippen LogP contribution in [0, 0.1) is 0 Å². The number of fused-ring (bicyclic) bond motifs is 1. The molecule has 7 heteroatoms. The maximum Gasteiger partial charge on any atom is 0.481 e. The van der Waals surface area contributed by atoms with Crippen LogP contribution in [0.1, 0.15) is 54.0 Å². The van der Waals surface area contributed by atoms with Crippen LogP contribution in [-0.2, 0) is 27.1 Å². The monoisotopic (exact) mass is 391 g/mol. The molecule has 0 radical (unpaired) electrons. The molecule has 1 N–H and O–H groups in total. The zero-order chi connectivity index (χ0) is 20.0. The van der Waals surface area contributed by atoms with E-state index in [-0.39, 0.29) is 10.7 Å². The van der Waals surface area contributed by atoms with E-state index in [4.69, 9.17) is 13.7 Å². The van der Waals surface area contributed by atoms with Gasteiger partial charge in [0.15, 0.2) is 0 Å². The lowest BCUT2D eigenvalue weighted by molar-refractivity contribution is 0.00578. The van der Waals surface area contributed by atoms with Crippen molar-refractivity contribution < 1.29 is 18.3 Å². The van der Waals surface area contributed by atoms with E-state index in [0.717, 1.165) is 16.5 Å². The quantitative estimate of drug-likeness (QED) is 0.616. The van der Waals surface area contributed by atoms with Gasteiger partial charge in [-0.05, 0) is 66.5 Å². The van der Waals surface area contributed by atoms with Crippen molar-refractivity contribution in [2.45, 2.75) is 76.8 Å². The molecule has 1 aliphatic rings. The highest BCUT2D eigenvalue weighted by atomic mass is 32.2. The topological polar surface area (TPSA) is 66.7 Å². The largest absolute Gasteiger partial charge is 0.598 e. The van der Waals surface area contributed by atoms with E-state index in [2.05, 4.69) is 4.72 Å². The average molecular weight is 391 g/mol. The molecule has 0 amide bonds. The summed E-state index contributed by atoms with van der Waals surface area (Å²) in [6.07, 6.45) is 2.36. The summed E-state index contributed by atoms with van der Waals surface area (Å²) in [5.41, 5.74) is 0.999. The van der Waals surface area contributed by atoms with Crippen molar-refractivity contribution in [2.24, 2.45) is 0 Å². The lowest BCUT2D eigenvalue weighted by Crippen LogP contribution is -2.53. The minimum absolute atomic E-state index is 0.271. The van der Waals surface area contributed by atoms with E-state index < -0.39 is 29.7 Å². The molecule has 1 aliphatic heterocycles. The van der Waals surface area contributed by atoms with Gasteiger partial charge in [0.2, 0.25) is 0 Å². The van der Waals surface area contributed by atoms with Crippen LogP contribution in [0.2, 0.25) is 0 Å². The van der Waals surface area contributed by atoms with Crippen molar-refractivity contribution in [2.75, 3.05) is 0 Å². The van der Waals surface area contributed by atoms with Gasteiger partial charge in [-0.25, -0.2) is 0 Å². The van der Waals surface area contributed by atoms with Crippen LogP contribution in [0.4, 0.5) is 0 Å². The van der Waals surface area contributed by atoms with E-state index in [1.165, 1.54) is 0 Å². The Labute approximate surface area is 165 Å². The molecule has 1 aromatic heterocycles. The molecule has 1 fully saturated rings.